The van der Waals surface area contributed by atoms with E-state index in [1.54, 1.807) is 17.7 Å². The second-order valence-corrected chi connectivity index (χ2v) is 5.11. The van der Waals surface area contributed by atoms with Gasteiger partial charge in [0.25, 0.3) is 0 Å². The first-order chi connectivity index (χ1) is 10.4. The summed E-state index contributed by atoms with van der Waals surface area (Å²) in [5.41, 5.74) is 0.200. The van der Waals surface area contributed by atoms with E-state index in [9.17, 15) is 17.6 Å². The highest BCUT2D eigenvalue weighted by Gasteiger charge is 2.32. The van der Waals surface area contributed by atoms with E-state index in [1.807, 2.05) is 0 Å². The van der Waals surface area contributed by atoms with Gasteiger partial charge in [-0.1, -0.05) is 19.1 Å². The molecule has 0 spiro atoms. The van der Waals surface area contributed by atoms with Gasteiger partial charge >= 0.3 is 6.18 Å². The highest BCUT2D eigenvalue weighted by molar-refractivity contribution is 5.77. The van der Waals surface area contributed by atoms with Crippen LogP contribution in [0.2, 0.25) is 0 Å². The molecule has 0 aromatic carbocycles. The Bertz CT molecular complexity index is 612. The molecule has 120 valence electrons. The van der Waals surface area contributed by atoms with Gasteiger partial charge in [-0.3, -0.25) is 4.68 Å². The molecule has 0 saturated heterocycles. The summed E-state index contributed by atoms with van der Waals surface area (Å²) in [6.45, 7) is 3.77. The number of halogens is 4. The van der Waals surface area contributed by atoms with Crippen LogP contribution in [0.4, 0.5) is 17.6 Å². The number of allylic oxidation sites excluding steroid dienone is 6. The second-order valence-electron chi connectivity index (χ2n) is 5.11. The summed E-state index contributed by atoms with van der Waals surface area (Å²) in [5.74, 6) is -0.706. The quantitative estimate of drug-likeness (QED) is 0.566. The summed E-state index contributed by atoms with van der Waals surface area (Å²) in [6.07, 6.45) is 0.513. The standard InChI is InChI=1S/C16H18F4N2/c1-3-6-11(16(18,19)20)9-13(14(17)4-2)15-10-12-7-5-8-22(12)21-15/h4,6,9-10H,3,5,7-8H2,1-2H3/b11-6-,13-9+,14-4+. The molecule has 2 rings (SSSR count). The second kappa shape index (κ2) is 6.50. The van der Waals surface area contributed by atoms with Crippen LogP contribution in [0.5, 0.6) is 0 Å². The minimum atomic E-state index is -4.52. The predicted octanol–water partition coefficient (Wildman–Crippen LogP) is 4.98. The molecule has 0 unspecified atom stereocenters. The van der Waals surface area contributed by atoms with Gasteiger partial charge in [0.1, 0.15) is 5.83 Å². The maximum Gasteiger partial charge on any atom is 0.416 e. The van der Waals surface area contributed by atoms with Gasteiger partial charge in [0.15, 0.2) is 0 Å². The van der Waals surface area contributed by atoms with Gasteiger partial charge in [-0.2, -0.15) is 18.3 Å². The lowest BCUT2D eigenvalue weighted by atomic mass is 10.0. The maximum absolute atomic E-state index is 14.1. The van der Waals surface area contributed by atoms with Crippen LogP contribution in [0.25, 0.3) is 5.57 Å². The Labute approximate surface area is 126 Å². The van der Waals surface area contributed by atoms with Crippen molar-refractivity contribution in [2.45, 2.75) is 45.8 Å². The van der Waals surface area contributed by atoms with Crippen LogP contribution >= 0.6 is 0 Å². The van der Waals surface area contributed by atoms with E-state index in [-0.39, 0.29) is 17.7 Å². The van der Waals surface area contributed by atoms with E-state index < -0.39 is 17.6 Å². The Hall–Kier alpha value is -1.85. The van der Waals surface area contributed by atoms with Crippen molar-refractivity contribution in [1.82, 2.24) is 9.78 Å². The van der Waals surface area contributed by atoms with E-state index in [0.29, 0.717) is 0 Å². The molecule has 0 N–H and O–H groups in total. The summed E-state index contributed by atoms with van der Waals surface area (Å²) in [5, 5.41) is 4.23. The van der Waals surface area contributed by atoms with Crippen molar-refractivity contribution in [3.05, 3.63) is 47.1 Å². The number of fused-ring (bicyclic) bond motifs is 1. The Morgan fingerprint density at radius 3 is 2.68 bits per heavy atom. The number of rotatable bonds is 4. The lowest BCUT2D eigenvalue weighted by Gasteiger charge is -2.10. The van der Waals surface area contributed by atoms with Gasteiger partial charge in [0.2, 0.25) is 0 Å². The van der Waals surface area contributed by atoms with Crippen LogP contribution in [0.15, 0.2) is 35.7 Å². The zero-order chi connectivity index (χ0) is 16.3. The maximum atomic E-state index is 14.1. The fraction of sp³-hybridized carbons (Fsp3) is 0.438. The first kappa shape index (κ1) is 16.5. The molecule has 0 atom stereocenters. The molecule has 0 amide bonds. The number of hydrogen-bond donors (Lipinski definition) is 0. The van der Waals surface area contributed by atoms with Gasteiger partial charge < -0.3 is 0 Å². The Balaban J connectivity index is 2.50. The van der Waals surface area contributed by atoms with Crippen molar-refractivity contribution < 1.29 is 17.6 Å². The smallest absolute Gasteiger partial charge is 0.269 e. The molecule has 0 fully saturated rings. The minimum Gasteiger partial charge on any atom is -0.269 e. The molecule has 2 heterocycles. The van der Waals surface area contributed by atoms with Crippen LogP contribution in [0.1, 0.15) is 38.1 Å². The zero-order valence-electron chi connectivity index (χ0n) is 12.5. The molecule has 1 aromatic heterocycles. The average Bonchev–Trinajstić information content (AvgIpc) is 3.02. The minimum absolute atomic E-state index is 0.124. The Kier molecular flexibility index (Phi) is 4.88. The summed E-state index contributed by atoms with van der Waals surface area (Å²) < 4.78 is 54.9. The third-order valence-corrected chi connectivity index (χ3v) is 3.50. The van der Waals surface area contributed by atoms with Crippen molar-refractivity contribution in [1.29, 1.82) is 0 Å². The third-order valence-electron chi connectivity index (χ3n) is 3.50. The van der Waals surface area contributed by atoms with E-state index in [0.717, 1.165) is 43.3 Å². The number of nitrogens with zero attached hydrogens (tertiary/aromatic N) is 2. The van der Waals surface area contributed by atoms with Crippen LogP contribution in [0.3, 0.4) is 0 Å². The van der Waals surface area contributed by atoms with Gasteiger partial charge in [-0.25, -0.2) is 4.39 Å². The summed E-state index contributed by atoms with van der Waals surface area (Å²) >= 11 is 0. The molecule has 0 aliphatic carbocycles. The molecule has 2 nitrogen and oxygen atoms in total. The lowest BCUT2D eigenvalue weighted by molar-refractivity contribution is -0.0883. The van der Waals surface area contributed by atoms with Crippen molar-refractivity contribution >= 4 is 5.57 Å². The molecule has 1 aliphatic heterocycles. The molecule has 6 heteroatoms. The van der Waals surface area contributed by atoms with Gasteiger partial charge in [-0.15, -0.1) is 0 Å². The summed E-state index contributed by atoms with van der Waals surface area (Å²) in [4.78, 5) is 0. The normalized spacial score (nSPS) is 17.1. The molecular weight excluding hydrogens is 296 g/mol. The topological polar surface area (TPSA) is 17.8 Å². The first-order valence-electron chi connectivity index (χ1n) is 7.25. The van der Waals surface area contributed by atoms with Crippen molar-refractivity contribution in [3.8, 4) is 0 Å². The number of hydrogen-bond acceptors (Lipinski definition) is 1. The van der Waals surface area contributed by atoms with Crippen LogP contribution in [-0.2, 0) is 13.0 Å². The lowest BCUT2D eigenvalue weighted by Crippen LogP contribution is -2.10. The highest BCUT2D eigenvalue weighted by Crippen LogP contribution is 2.33. The SMILES string of the molecule is C\C=C(F)/C(=C\C(=C\CC)C(F)(F)F)c1cc2n(n1)CCC2. The van der Waals surface area contributed by atoms with Gasteiger partial charge in [0.05, 0.1) is 11.3 Å². The molecule has 0 saturated carbocycles. The number of aryl methyl sites for hydroxylation is 2. The van der Waals surface area contributed by atoms with E-state index in [4.69, 9.17) is 0 Å². The summed E-state index contributed by atoms with van der Waals surface area (Å²) in [7, 11) is 0. The predicted molar refractivity (Wildman–Crippen MR) is 77.8 cm³/mol. The molecule has 1 aromatic rings. The number of alkyl halides is 3. The highest BCUT2D eigenvalue weighted by atomic mass is 19.4. The zero-order valence-corrected chi connectivity index (χ0v) is 12.5. The Morgan fingerprint density at radius 2 is 2.14 bits per heavy atom. The molecule has 22 heavy (non-hydrogen) atoms. The molecule has 0 radical (unpaired) electrons. The monoisotopic (exact) mass is 314 g/mol. The fourth-order valence-corrected chi connectivity index (χ4v) is 2.44. The van der Waals surface area contributed by atoms with Gasteiger partial charge in [0, 0.05) is 17.8 Å². The van der Waals surface area contributed by atoms with Crippen LogP contribution < -0.4 is 0 Å². The summed E-state index contributed by atoms with van der Waals surface area (Å²) in [6, 6.07) is 1.67. The van der Waals surface area contributed by atoms with Crippen molar-refractivity contribution in [3.63, 3.8) is 0 Å². The molecule has 1 aliphatic rings. The average molecular weight is 314 g/mol. The third kappa shape index (κ3) is 3.48. The Morgan fingerprint density at radius 1 is 1.41 bits per heavy atom. The van der Waals surface area contributed by atoms with E-state index in [2.05, 4.69) is 5.10 Å². The van der Waals surface area contributed by atoms with Crippen molar-refractivity contribution in [2.24, 2.45) is 0 Å². The van der Waals surface area contributed by atoms with E-state index in [1.165, 1.54) is 6.92 Å². The largest absolute Gasteiger partial charge is 0.416 e. The van der Waals surface area contributed by atoms with Crippen LogP contribution in [-0.4, -0.2) is 16.0 Å². The van der Waals surface area contributed by atoms with Crippen LogP contribution in [0, 0.1) is 0 Å². The fourth-order valence-electron chi connectivity index (χ4n) is 2.44. The van der Waals surface area contributed by atoms with E-state index >= 15 is 0 Å². The molecular formula is C16H18F4N2. The first-order valence-corrected chi connectivity index (χ1v) is 7.25. The number of aromatic nitrogens is 2. The molecule has 0 bridgehead atoms. The van der Waals surface area contributed by atoms with Gasteiger partial charge in [-0.05, 0) is 38.3 Å². The van der Waals surface area contributed by atoms with Crippen molar-refractivity contribution in [2.75, 3.05) is 0 Å².